The minimum Gasteiger partial charge on any atom is -0.383 e. The van der Waals surface area contributed by atoms with Crippen LogP contribution in [-0.2, 0) is 11.3 Å². The Morgan fingerprint density at radius 3 is 3.00 bits per heavy atom. The molecule has 0 aliphatic carbocycles. The van der Waals surface area contributed by atoms with Crippen molar-refractivity contribution in [2.75, 3.05) is 13.7 Å². The fourth-order valence-electron chi connectivity index (χ4n) is 1.90. The predicted molar refractivity (Wildman–Crippen MR) is 70.7 cm³/mol. The molecule has 0 fully saturated rings. The van der Waals surface area contributed by atoms with E-state index in [2.05, 4.69) is 41.7 Å². The second kappa shape index (κ2) is 5.16. The molecule has 0 aliphatic rings. The Morgan fingerprint density at radius 2 is 2.29 bits per heavy atom. The molecule has 2 aromatic heterocycles. The van der Waals surface area contributed by atoms with Gasteiger partial charge in [-0.25, -0.2) is 4.98 Å². The Labute approximate surface area is 106 Å². The first-order valence-electron chi connectivity index (χ1n) is 5.78. The van der Waals surface area contributed by atoms with Gasteiger partial charge in [0.05, 0.1) is 18.0 Å². The van der Waals surface area contributed by atoms with Gasteiger partial charge in [0.1, 0.15) is 0 Å². The van der Waals surface area contributed by atoms with E-state index in [1.54, 1.807) is 18.4 Å². The van der Waals surface area contributed by atoms with Gasteiger partial charge in [-0.3, -0.25) is 4.40 Å². The smallest absolute Gasteiger partial charge is 0.194 e. The van der Waals surface area contributed by atoms with Gasteiger partial charge >= 0.3 is 0 Å². The maximum absolute atomic E-state index is 5.11. The van der Waals surface area contributed by atoms with E-state index >= 15 is 0 Å². The fraction of sp³-hybridized carbons (Fsp3) is 0.583. The highest BCUT2D eigenvalue weighted by Gasteiger charge is 2.11. The molecule has 0 spiro atoms. The number of hydrogen-bond acceptors (Lipinski definition) is 4. The topological polar surface area (TPSA) is 38.6 Å². The second-order valence-electron chi connectivity index (χ2n) is 4.38. The van der Waals surface area contributed by atoms with Gasteiger partial charge in [-0.05, 0) is 20.8 Å². The second-order valence-corrected chi connectivity index (χ2v) is 5.59. The Kier molecular flexibility index (Phi) is 3.81. The number of imidazole rings is 1. The summed E-state index contributed by atoms with van der Waals surface area (Å²) in [6.45, 7) is 7.85. The third-order valence-electron chi connectivity index (χ3n) is 2.78. The molecule has 1 N–H and O–H groups in total. The maximum Gasteiger partial charge on any atom is 0.194 e. The lowest BCUT2D eigenvalue weighted by atomic mass is 10.3. The van der Waals surface area contributed by atoms with Crippen molar-refractivity contribution < 1.29 is 4.74 Å². The normalized spacial score (nSPS) is 13.4. The van der Waals surface area contributed by atoms with Crippen LogP contribution in [0.4, 0.5) is 0 Å². The van der Waals surface area contributed by atoms with E-state index in [4.69, 9.17) is 4.74 Å². The van der Waals surface area contributed by atoms with E-state index in [1.807, 2.05) is 0 Å². The molecule has 1 atom stereocenters. The lowest BCUT2D eigenvalue weighted by molar-refractivity contribution is 0.171. The first-order chi connectivity index (χ1) is 8.11. The zero-order valence-corrected chi connectivity index (χ0v) is 11.6. The highest BCUT2D eigenvalue weighted by Crippen LogP contribution is 2.20. The molecular formula is C12H19N3OS. The fourth-order valence-corrected chi connectivity index (χ4v) is 2.79. The number of rotatable bonds is 5. The van der Waals surface area contributed by atoms with Crippen molar-refractivity contribution in [3.05, 3.63) is 22.5 Å². The lowest BCUT2D eigenvalue weighted by Gasteiger charge is -2.12. The van der Waals surface area contributed by atoms with Gasteiger partial charge in [-0.2, -0.15) is 0 Å². The summed E-state index contributed by atoms with van der Waals surface area (Å²) in [5, 5.41) is 3.45. The van der Waals surface area contributed by atoms with Crippen LogP contribution in [0.5, 0.6) is 0 Å². The number of nitrogens with zero attached hydrogens (tertiary/aromatic N) is 2. The van der Waals surface area contributed by atoms with Crippen molar-refractivity contribution in [2.45, 2.75) is 33.4 Å². The number of nitrogens with one attached hydrogen (secondary N) is 1. The minimum absolute atomic E-state index is 0.352. The van der Waals surface area contributed by atoms with Gasteiger partial charge in [0.2, 0.25) is 0 Å². The first kappa shape index (κ1) is 12.5. The Morgan fingerprint density at radius 1 is 1.53 bits per heavy atom. The summed E-state index contributed by atoms with van der Waals surface area (Å²) < 4.78 is 7.29. The van der Waals surface area contributed by atoms with Crippen LogP contribution in [0.3, 0.4) is 0 Å². The number of fused-ring (bicyclic) bond motifs is 1. The van der Waals surface area contributed by atoms with Crippen molar-refractivity contribution >= 4 is 16.3 Å². The standard InChI is InChI=1S/C12H19N3OS/c1-8(7-16-4)13-5-11-10(3)14-12-15(11)6-9(2)17-12/h6,8,13H,5,7H2,1-4H3. The van der Waals surface area contributed by atoms with Gasteiger partial charge in [-0.1, -0.05) is 0 Å². The number of methoxy groups -OCH3 is 1. The van der Waals surface area contributed by atoms with Gasteiger partial charge < -0.3 is 10.1 Å². The third-order valence-corrected chi connectivity index (χ3v) is 3.67. The molecule has 0 saturated heterocycles. The molecule has 17 heavy (non-hydrogen) atoms. The average Bonchev–Trinajstić information content (AvgIpc) is 2.71. The summed E-state index contributed by atoms with van der Waals surface area (Å²) in [5.74, 6) is 0. The van der Waals surface area contributed by atoms with E-state index in [1.165, 1.54) is 10.6 Å². The molecule has 94 valence electrons. The highest BCUT2D eigenvalue weighted by atomic mass is 32.1. The van der Waals surface area contributed by atoms with E-state index in [0.29, 0.717) is 6.04 Å². The summed E-state index contributed by atoms with van der Waals surface area (Å²) in [6.07, 6.45) is 2.15. The highest BCUT2D eigenvalue weighted by molar-refractivity contribution is 7.17. The molecule has 0 bridgehead atoms. The predicted octanol–water partition coefficient (Wildman–Crippen LogP) is 2.14. The molecule has 1 unspecified atom stereocenters. The minimum atomic E-state index is 0.352. The molecule has 0 saturated carbocycles. The zero-order valence-electron chi connectivity index (χ0n) is 10.8. The van der Waals surface area contributed by atoms with Crippen molar-refractivity contribution in [3.8, 4) is 0 Å². The quantitative estimate of drug-likeness (QED) is 0.887. The zero-order chi connectivity index (χ0) is 12.4. The van der Waals surface area contributed by atoms with Crippen LogP contribution in [0.1, 0.15) is 23.2 Å². The van der Waals surface area contributed by atoms with Crippen LogP contribution < -0.4 is 5.32 Å². The largest absolute Gasteiger partial charge is 0.383 e. The number of ether oxygens (including phenoxy) is 1. The summed E-state index contributed by atoms with van der Waals surface area (Å²) in [7, 11) is 1.72. The number of hydrogen-bond donors (Lipinski definition) is 1. The van der Waals surface area contributed by atoms with Crippen molar-refractivity contribution in [2.24, 2.45) is 0 Å². The van der Waals surface area contributed by atoms with Crippen molar-refractivity contribution in [1.82, 2.24) is 14.7 Å². The van der Waals surface area contributed by atoms with E-state index < -0.39 is 0 Å². The van der Waals surface area contributed by atoms with Gasteiger partial charge in [0.15, 0.2) is 4.96 Å². The number of thiazole rings is 1. The van der Waals surface area contributed by atoms with Crippen LogP contribution in [0.2, 0.25) is 0 Å². The summed E-state index contributed by atoms with van der Waals surface area (Å²) >= 11 is 1.73. The molecule has 0 aromatic carbocycles. The SMILES string of the molecule is COCC(C)NCc1c(C)nc2sc(C)cn12. The van der Waals surface area contributed by atoms with Gasteiger partial charge in [0.25, 0.3) is 0 Å². The maximum atomic E-state index is 5.11. The molecule has 2 rings (SSSR count). The first-order valence-corrected chi connectivity index (χ1v) is 6.59. The molecule has 4 nitrogen and oxygen atoms in total. The van der Waals surface area contributed by atoms with Crippen molar-refractivity contribution in [3.63, 3.8) is 0 Å². The third kappa shape index (κ3) is 2.68. The van der Waals surface area contributed by atoms with E-state index in [-0.39, 0.29) is 0 Å². The molecule has 5 heteroatoms. The van der Waals surface area contributed by atoms with Crippen LogP contribution in [0.25, 0.3) is 4.96 Å². The molecule has 0 aliphatic heterocycles. The molecular weight excluding hydrogens is 234 g/mol. The summed E-state index contributed by atoms with van der Waals surface area (Å²) in [6, 6.07) is 0.352. The van der Waals surface area contributed by atoms with Crippen LogP contribution >= 0.6 is 11.3 Å². The number of aryl methyl sites for hydroxylation is 2. The monoisotopic (exact) mass is 253 g/mol. The van der Waals surface area contributed by atoms with Crippen molar-refractivity contribution in [1.29, 1.82) is 0 Å². The Balaban J connectivity index is 2.14. The number of aromatic nitrogens is 2. The van der Waals surface area contributed by atoms with Crippen LogP contribution in [0, 0.1) is 13.8 Å². The van der Waals surface area contributed by atoms with Gasteiger partial charge in [-0.15, -0.1) is 11.3 Å². The molecule has 2 heterocycles. The molecule has 0 radical (unpaired) electrons. The lowest BCUT2D eigenvalue weighted by Crippen LogP contribution is -2.30. The molecule has 0 amide bonds. The average molecular weight is 253 g/mol. The summed E-state index contributed by atoms with van der Waals surface area (Å²) in [4.78, 5) is 6.94. The Hall–Kier alpha value is -0.910. The Bertz CT molecular complexity index is 503. The van der Waals surface area contributed by atoms with E-state index in [0.717, 1.165) is 23.8 Å². The van der Waals surface area contributed by atoms with E-state index in [9.17, 15) is 0 Å². The molecule has 2 aromatic rings. The van der Waals surface area contributed by atoms with Crippen LogP contribution in [0.15, 0.2) is 6.20 Å². The summed E-state index contributed by atoms with van der Waals surface area (Å²) in [5.41, 5.74) is 2.35. The van der Waals surface area contributed by atoms with Gasteiger partial charge in [0, 0.05) is 30.8 Å². The van der Waals surface area contributed by atoms with Crippen LogP contribution in [-0.4, -0.2) is 29.1 Å².